The third kappa shape index (κ3) is 3.45. The van der Waals surface area contributed by atoms with Gasteiger partial charge in [-0.15, -0.1) is 0 Å². The number of piperidine rings is 1. The Hall–Kier alpha value is -2.02. The van der Waals surface area contributed by atoms with Crippen molar-refractivity contribution in [2.24, 2.45) is 5.41 Å². The van der Waals surface area contributed by atoms with Gasteiger partial charge in [-0.05, 0) is 43.4 Å². The minimum atomic E-state index is -2.93. The van der Waals surface area contributed by atoms with Crippen LogP contribution in [0.5, 0.6) is 0 Å². The first-order valence-corrected chi connectivity index (χ1v) is 11.1. The number of amides is 2. The molecule has 7 heteroatoms. The third-order valence-electron chi connectivity index (χ3n) is 5.77. The second-order valence-electron chi connectivity index (χ2n) is 7.71. The van der Waals surface area contributed by atoms with E-state index in [1.807, 2.05) is 18.3 Å². The van der Waals surface area contributed by atoms with Gasteiger partial charge in [-0.3, -0.25) is 0 Å². The van der Waals surface area contributed by atoms with Gasteiger partial charge in [-0.2, -0.15) is 0 Å². The molecule has 26 heavy (non-hydrogen) atoms. The molecule has 4 rings (SSSR count). The van der Waals surface area contributed by atoms with Crippen molar-refractivity contribution in [1.29, 1.82) is 0 Å². The van der Waals surface area contributed by atoms with Crippen LogP contribution in [0.3, 0.4) is 0 Å². The predicted octanol–water partition coefficient (Wildman–Crippen LogP) is 2.32. The molecule has 2 aliphatic rings. The number of hydrogen-bond donors (Lipinski definition) is 2. The molecule has 2 N–H and O–H groups in total. The Balaban J connectivity index is 1.34. The van der Waals surface area contributed by atoms with Gasteiger partial charge in [0.1, 0.15) is 0 Å². The highest BCUT2D eigenvalue weighted by atomic mass is 32.2. The van der Waals surface area contributed by atoms with Crippen LogP contribution in [-0.2, 0) is 16.3 Å². The summed E-state index contributed by atoms with van der Waals surface area (Å²) in [6.07, 6.45) is 5.18. The number of benzene rings is 1. The summed E-state index contributed by atoms with van der Waals surface area (Å²) < 4.78 is 23.7. The number of rotatable bonds is 3. The first-order valence-electron chi connectivity index (χ1n) is 9.25. The molecule has 0 radical (unpaired) electrons. The van der Waals surface area contributed by atoms with Crippen LogP contribution < -0.4 is 5.32 Å². The number of likely N-dealkylation sites (tertiary alicyclic amines) is 1. The first-order chi connectivity index (χ1) is 12.5. The summed E-state index contributed by atoms with van der Waals surface area (Å²) in [6.45, 7) is 1.84. The number of fused-ring (bicyclic) bond motifs is 1. The van der Waals surface area contributed by atoms with Gasteiger partial charge < -0.3 is 15.2 Å². The Morgan fingerprint density at radius 1 is 1.27 bits per heavy atom. The zero-order chi connectivity index (χ0) is 18.2. The number of hydrogen-bond acceptors (Lipinski definition) is 3. The molecule has 3 heterocycles. The van der Waals surface area contributed by atoms with Crippen molar-refractivity contribution in [2.75, 3.05) is 31.1 Å². The number of aromatic nitrogens is 1. The van der Waals surface area contributed by atoms with Crippen molar-refractivity contribution in [1.82, 2.24) is 15.2 Å². The third-order valence-corrected chi connectivity index (χ3v) is 7.65. The lowest BCUT2D eigenvalue weighted by molar-refractivity contribution is 0.122. The fraction of sp³-hybridized carbons (Fsp3) is 0.526. The maximum atomic E-state index is 12.6. The molecule has 2 aliphatic heterocycles. The van der Waals surface area contributed by atoms with Crippen molar-refractivity contribution in [2.45, 2.75) is 25.7 Å². The van der Waals surface area contributed by atoms with E-state index in [4.69, 9.17) is 0 Å². The number of aromatic amines is 1. The van der Waals surface area contributed by atoms with E-state index in [-0.39, 0.29) is 23.0 Å². The van der Waals surface area contributed by atoms with Crippen LogP contribution in [0.2, 0.25) is 0 Å². The molecule has 1 aromatic heterocycles. The number of nitrogens with zero attached hydrogens (tertiary/aromatic N) is 1. The van der Waals surface area contributed by atoms with Crippen LogP contribution in [0, 0.1) is 5.41 Å². The average molecular weight is 375 g/mol. The van der Waals surface area contributed by atoms with Crippen LogP contribution in [0.4, 0.5) is 4.79 Å². The summed E-state index contributed by atoms with van der Waals surface area (Å²) in [5.74, 6) is 0.502. The molecule has 0 aliphatic carbocycles. The van der Waals surface area contributed by atoms with Crippen molar-refractivity contribution < 1.29 is 13.2 Å². The summed E-state index contributed by atoms with van der Waals surface area (Å²) in [5, 5.41) is 4.20. The SMILES string of the molecule is O=C(NCCc1cccc2[nH]ccc12)N1CCC[C@]2(CCS(=O)(=O)C2)C1. The van der Waals surface area contributed by atoms with Gasteiger partial charge in [-0.1, -0.05) is 12.1 Å². The molecule has 6 nitrogen and oxygen atoms in total. The van der Waals surface area contributed by atoms with Crippen LogP contribution in [-0.4, -0.2) is 55.5 Å². The van der Waals surface area contributed by atoms with E-state index in [0.717, 1.165) is 24.8 Å². The Morgan fingerprint density at radius 3 is 2.96 bits per heavy atom. The van der Waals surface area contributed by atoms with Gasteiger partial charge in [0.15, 0.2) is 9.84 Å². The number of carbonyl (C=O) groups excluding carboxylic acids is 1. The first kappa shape index (κ1) is 17.4. The number of nitrogens with one attached hydrogen (secondary N) is 2. The topological polar surface area (TPSA) is 82.3 Å². The highest BCUT2D eigenvalue weighted by Crippen LogP contribution is 2.40. The van der Waals surface area contributed by atoms with E-state index in [1.54, 1.807) is 4.90 Å². The Kier molecular flexibility index (Phi) is 4.42. The van der Waals surface area contributed by atoms with Crippen LogP contribution in [0.1, 0.15) is 24.8 Å². The fourth-order valence-electron chi connectivity index (χ4n) is 4.47. The molecule has 0 unspecified atom stereocenters. The van der Waals surface area contributed by atoms with E-state index in [0.29, 0.717) is 26.1 Å². The summed E-state index contributed by atoms with van der Waals surface area (Å²) in [4.78, 5) is 17.6. The molecule has 2 aromatic rings. The largest absolute Gasteiger partial charge is 0.361 e. The van der Waals surface area contributed by atoms with Crippen molar-refractivity contribution in [3.05, 3.63) is 36.0 Å². The second kappa shape index (κ2) is 6.61. The quantitative estimate of drug-likeness (QED) is 0.864. The molecule has 0 bridgehead atoms. The van der Waals surface area contributed by atoms with E-state index in [1.165, 1.54) is 10.9 Å². The fourth-order valence-corrected chi connectivity index (χ4v) is 6.67. The average Bonchev–Trinajstić information content (AvgIpc) is 3.20. The van der Waals surface area contributed by atoms with E-state index in [9.17, 15) is 13.2 Å². The normalized spacial score (nSPS) is 25.0. The molecule has 2 saturated heterocycles. The van der Waals surface area contributed by atoms with Gasteiger partial charge in [-0.25, -0.2) is 13.2 Å². The molecule has 140 valence electrons. The molecule has 1 atom stereocenters. The molecule has 2 fully saturated rings. The lowest BCUT2D eigenvalue weighted by atomic mass is 9.80. The number of H-pyrrole nitrogens is 1. The van der Waals surface area contributed by atoms with Crippen molar-refractivity contribution in [3.8, 4) is 0 Å². The summed E-state index contributed by atoms with van der Waals surface area (Å²) >= 11 is 0. The predicted molar refractivity (Wildman–Crippen MR) is 102 cm³/mol. The van der Waals surface area contributed by atoms with Crippen LogP contribution in [0.15, 0.2) is 30.5 Å². The maximum Gasteiger partial charge on any atom is 0.317 e. The Bertz CT molecular complexity index is 921. The van der Waals surface area contributed by atoms with Crippen LogP contribution >= 0.6 is 0 Å². The van der Waals surface area contributed by atoms with E-state index < -0.39 is 9.84 Å². The highest BCUT2D eigenvalue weighted by molar-refractivity contribution is 7.91. The van der Waals surface area contributed by atoms with E-state index >= 15 is 0 Å². The molecular formula is C19H25N3O3S. The monoisotopic (exact) mass is 375 g/mol. The van der Waals surface area contributed by atoms with Crippen LogP contribution in [0.25, 0.3) is 10.9 Å². The second-order valence-corrected chi connectivity index (χ2v) is 9.89. The Morgan fingerprint density at radius 2 is 2.15 bits per heavy atom. The molecule has 2 amide bonds. The summed E-state index contributed by atoms with van der Waals surface area (Å²) in [5.41, 5.74) is 2.10. The lowest BCUT2D eigenvalue weighted by Crippen LogP contribution is -2.50. The van der Waals surface area contributed by atoms with Crippen molar-refractivity contribution >= 4 is 26.8 Å². The highest BCUT2D eigenvalue weighted by Gasteiger charge is 2.45. The van der Waals surface area contributed by atoms with Gasteiger partial charge in [0.25, 0.3) is 0 Å². The number of urea groups is 1. The Labute approximate surface area is 153 Å². The van der Waals surface area contributed by atoms with Crippen molar-refractivity contribution in [3.63, 3.8) is 0 Å². The van der Waals surface area contributed by atoms with Gasteiger partial charge >= 0.3 is 6.03 Å². The minimum absolute atomic E-state index is 0.0744. The smallest absolute Gasteiger partial charge is 0.317 e. The molecule has 1 spiro atoms. The molecule has 1 aromatic carbocycles. The van der Waals surface area contributed by atoms with Gasteiger partial charge in [0, 0.05) is 42.1 Å². The zero-order valence-electron chi connectivity index (χ0n) is 14.8. The van der Waals surface area contributed by atoms with Gasteiger partial charge in [0.05, 0.1) is 11.5 Å². The summed E-state index contributed by atoms with van der Waals surface area (Å²) in [7, 11) is -2.93. The maximum absolute atomic E-state index is 12.6. The molecular weight excluding hydrogens is 350 g/mol. The standard InChI is InChI=1S/C19H25N3O3S/c23-18(21-9-5-15-3-1-4-17-16(15)6-10-20-17)22-11-2-7-19(13-22)8-12-26(24,25)14-19/h1,3-4,6,10,20H,2,5,7-9,11-14H2,(H,21,23)/t19-/m0/s1. The number of sulfone groups is 1. The zero-order valence-corrected chi connectivity index (χ0v) is 15.6. The minimum Gasteiger partial charge on any atom is -0.361 e. The van der Waals surface area contributed by atoms with E-state index in [2.05, 4.69) is 22.4 Å². The molecule has 0 saturated carbocycles. The number of carbonyl (C=O) groups is 1. The summed E-state index contributed by atoms with van der Waals surface area (Å²) in [6, 6.07) is 8.13. The lowest BCUT2D eigenvalue weighted by Gasteiger charge is -2.39. The van der Waals surface area contributed by atoms with Gasteiger partial charge in [0.2, 0.25) is 0 Å².